The van der Waals surface area contributed by atoms with Crippen LogP contribution >= 0.6 is 11.6 Å². The number of benzene rings is 1. The minimum atomic E-state index is -4.84. The molecule has 1 aromatic carbocycles. The van der Waals surface area contributed by atoms with E-state index in [-0.39, 0.29) is 12.1 Å². The molecule has 0 amide bonds. The number of methoxy groups -OCH3 is 1. The lowest BCUT2D eigenvalue weighted by atomic mass is 10.1. The zero-order valence-corrected chi connectivity index (χ0v) is 8.96. The molecular weight excluding hydrogens is 274 g/mol. The van der Waals surface area contributed by atoms with Gasteiger partial charge in [0.15, 0.2) is 0 Å². The van der Waals surface area contributed by atoms with E-state index in [1.165, 1.54) is 0 Å². The van der Waals surface area contributed by atoms with Crippen LogP contribution in [0.4, 0.5) is 26.3 Å². The van der Waals surface area contributed by atoms with Crippen molar-refractivity contribution in [1.82, 2.24) is 0 Å². The van der Waals surface area contributed by atoms with Crippen LogP contribution in [0.25, 0.3) is 0 Å². The van der Waals surface area contributed by atoms with Gasteiger partial charge in [-0.3, -0.25) is 0 Å². The summed E-state index contributed by atoms with van der Waals surface area (Å²) >= 11 is 5.26. The van der Waals surface area contributed by atoms with E-state index in [4.69, 9.17) is 11.6 Å². The third kappa shape index (κ3) is 2.77. The van der Waals surface area contributed by atoms with Crippen molar-refractivity contribution in [2.45, 2.75) is 12.4 Å². The number of hydrogen-bond acceptors (Lipinski definition) is 1. The van der Waals surface area contributed by atoms with Gasteiger partial charge < -0.3 is 4.74 Å². The Morgan fingerprint density at radius 3 is 1.71 bits per heavy atom. The predicted molar refractivity (Wildman–Crippen MR) is 48.0 cm³/mol. The van der Waals surface area contributed by atoms with Crippen molar-refractivity contribution in [3.8, 4) is 5.75 Å². The quantitative estimate of drug-likeness (QED) is 0.693. The summed E-state index contributed by atoms with van der Waals surface area (Å²) < 4.78 is 78.7. The van der Waals surface area contributed by atoms with E-state index in [1.807, 2.05) is 0 Å². The maximum Gasteiger partial charge on any atom is 0.420 e. The van der Waals surface area contributed by atoms with E-state index in [2.05, 4.69) is 4.74 Å². The molecule has 0 radical (unpaired) electrons. The van der Waals surface area contributed by atoms with E-state index in [9.17, 15) is 26.3 Å². The first-order valence-electron chi connectivity index (χ1n) is 4.10. The van der Waals surface area contributed by atoms with Gasteiger partial charge in [-0.25, -0.2) is 0 Å². The van der Waals surface area contributed by atoms with Crippen molar-refractivity contribution in [1.29, 1.82) is 0 Å². The van der Waals surface area contributed by atoms with Gasteiger partial charge in [0.25, 0.3) is 0 Å². The zero-order valence-electron chi connectivity index (χ0n) is 8.21. The first kappa shape index (κ1) is 14.0. The molecule has 1 aromatic rings. The molecule has 0 aliphatic rings. The van der Waals surface area contributed by atoms with Gasteiger partial charge >= 0.3 is 12.4 Å². The zero-order chi connectivity index (χ0) is 13.4. The maximum absolute atomic E-state index is 12.4. The van der Waals surface area contributed by atoms with Crippen molar-refractivity contribution in [2.75, 3.05) is 7.11 Å². The van der Waals surface area contributed by atoms with Gasteiger partial charge in [-0.15, -0.1) is 0 Å². The lowest BCUT2D eigenvalue weighted by Crippen LogP contribution is -2.12. The van der Waals surface area contributed by atoms with Crippen molar-refractivity contribution in [3.05, 3.63) is 28.3 Å². The highest BCUT2D eigenvalue weighted by Crippen LogP contribution is 2.45. The second kappa shape index (κ2) is 4.29. The molecule has 0 aromatic heterocycles. The van der Waals surface area contributed by atoms with Crippen molar-refractivity contribution < 1.29 is 31.1 Å². The second-order valence-corrected chi connectivity index (χ2v) is 3.38. The first-order chi connectivity index (χ1) is 7.59. The van der Waals surface area contributed by atoms with E-state index in [0.29, 0.717) is 0 Å². The number of ether oxygens (including phenoxy) is 1. The number of halogens is 7. The summed E-state index contributed by atoms with van der Waals surface area (Å²) in [5, 5.41) is -1.10. The van der Waals surface area contributed by atoms with Crippen LogP contribution < -0.4 is 4.74 Å². The third-order valence-electron chi connectivity index (χ3n) is 1.91. The fourth-order valence-corrected chi connectivity index (χ4v) is 1.55. The van der Waals surface area contributed by atoms with Crippen LogP contribution in [0.15, 0.2) is 12.1 Å². The van der Waals surface area contributed by atoms with Gasteiger partial charge in [-0.05, 0) is 12.1 Å². The Morgan fingerprint density at radius 1 is 0.941 bits per heavy atom. The summed E-state index contributed by atoms with van der Waals surface area (Å²) in [6.45, 7) is 0. The third-order valence-corrected chi connectivity index (χ3v) is 2.29. The van der Waals surface area contributed by atoms with E-state index < -0.39 is 34.3 Å². The van der Waals surface area contributed by atoms with Gasteiger partial charge in [-0.1, -0.05) is 11.6 Å². The smallest absolute Gasteiger partial charge is 0.420 e. The normalized spacial score (nSPS) is 12.7. The molecule has 96 valence electrons. The summed E-state index contributed by atoms with van der Waals surface area (Å²) in [7, 11) is 0.816. The molecule has 0 saturated carbocycles. The largest absolute Gasteiger partial charge is 0.495 e. The van der Waals surface area contributed by atoms with Crippen LogP contribution in [0, 0.1) is 0 Å². The fourth-order valence-electron chi connectivity index (χ4n) is 1.20. The molecule has 0 heterocycles. The molecule has 1 rings (SSSR count). The standard InChI is InChI=1S/C9H5ClF6O/c1-17-7-5(9(14,15)16)3-2-4(6(7)10)8(11,12)13/h2-3H,1H3. The fraction of sp³-hybridized carbons (Fsp3) is 0.333. The van der Waals surface area contributed by atoms with Crippen molar-refractivity contribution >= 4 is 11.6 Å². The van der Waals surface area contributed by atoms with Crippen molar-refractivity contribution in [3.63, 3.8) is 0 Å². The average Bonchev–Trinajstić information content (AvgIpc) is 2.13. The molecule has 0 fully saturated rings. The molecule has 0 bridgehead atoms. The topological polar surface area (TPSA) is 9.23 Å². The number of hydrogen-bond donors (Lipinski definition) is 0. The Bertz CT molecular complexity index is 423. The Kier molecular flexibility index (Phi) is 3.52. The summed E-state index contributed by atoms with van der Waals surface area (Å²) in [4.78, 5) is 0. The maximum atomic E-state index is 12.4. The molecule has 17 heavy (non-hydrogen) atoms. The Hall–Kier alpha value is -1.11. The van der Waals surface area contributed by atoms with Crippen LogP contribution in [0.3, 0.4) is 0 Å². The van der Waals surface area contributed by atoms with Gasteiger partial charge in [0.05, 0.1) is 23.3 Å². The molecule has 0 aliphatic heterocycles. The first-order valence-corrected chi connectivity index (χ1v) is 4.47. The average molecular weight is 279 g/mol. The van der Waals surface area contributed by atoms with Gasteiger partial charge in [0.2, 0.25) is 0 Å². The van der Waals surface area contributed by atoms with E-state index in [0.717, 1.165) is 7.11 Å². The summed E-state index contributed by atoms with van der Waals surface area (Å²) in [5.74, 6) is -1.03. The predicted octanol–water partition coefficient (Wildman–Crippen LogP) is 4.39. The molecule has 0 atom stereocenters. The van der Waals surface area contributed by atoms with Crippen LogP contribution in [-0.2, 0) is 12.4 Å². The number of alkyl halides is 6. The summed E-state index contributed by atoms with van der Waals surface area (Å²) in [5.41, 5.74) is -2.72. The Balaban J connectivity index is 3.49. The minimum Gasteiger partial charge on any atom is -0.495 e. The van der Waals surface area contributed by atoms with Gasteiger partial charge in [-0.2, -0.15) is 26.3 Å². The molecule has 8 heteroatoms. The monoisotopic (exact) mass is 278 g/mol. The molecule has 0 aliphatic carbocycles. The highest BCUT2D eigenvalue weighted by molar-refractivity contribution is 6.33. The van der Waals surface area contributed by atoms with Crippen molar-refractivity contribution in [2.24, 2.45) is 0 Å². The Morgan fingerprint density at radius 2 is 1.35 bits per heavy atom. The number of rotatable bonds is 1. The molecule has 0 N–H and O–H groups in total. The summed E-state index contributed by atoms with van der Waals surface area (Å²) in [6, 6.07) is 0.557. The van der Waals surface area contributed by atoms with E-state index >= 15 is 0 Å². The second-order valence-electron chi connectivity index (χ2n) is 3.00. The lowest BCUT2D eigenvalue weighted by Gasteiger charge is -2.16. The minimum absolute atomic E-state index is 0.272. The highest BCUT2D eigenvalue weighted by Gasteiger charge is 2.40. The molecule has 0 saturated heterocycles. The Labute approximate surface area is 96.9 Å². The molecular formula is C9H5ClF6O. The van der Waals surface area contributed by atoms with Gasteiger partial charge in [0.1, 0.15) is 5.75 Å². The van der Waals surface area contributed by atoms with Crippen LogP contribution in [0.1, 0.15) is 11.1 Å². The van der Waals surface area contributed by atoms with Gasteiger partial charge in [0, 0.05) is 0 Å². The molecule has 0 spiro atoms. The van der Waals surface area contributed by atoms with Crippen LogP contribution in [-0.4, -0.2) is 7.11 Å². The van der Waals surface area contributed by atoms with E-state index in [1.54, 1.807) is 0 Å². The SMILES string of the molecule is COc1c(C(F)(F)F)ccc(C(F)(F)F)c1Cl. The molecule has 0 unspecified atom stereocenters. The summed E-state index contributed by atoms with van der Waals surface area (Å²) in [6.07, 6.45) is -9.67. The van der Waals surface area contributed by atoms with Crippen LogP contribution in [0.5, 0.6) is 5.75 Å². The molecule has 1 nitrogen and oxygen atoms in total. The lowest BCUT2D eigenvalue weighted by molar-refractivity contribution is -0.142. The van der Waals surface area contributed by atoms with Crippen LogP contribution in [0.2, 0.25) is 5.02 Å². The highest BCUT2D eigenvalue weighted by atomic mass is 35.5.